The average molecular weight is 373 g/mol. The van der Waals surface area contributed by atoms with Gasteiger partial charge in [0, 0.05) is 32.2 Å². The maximum absolute atomic E-state index is 13.3. The Balaban J connectivity index is 1.76. The van der Waals surface area contributed by atoms with Gasteiger partial charge in [-0.25, -0.2) is 8.42 Å². The third kappa shape index (κ3) is 3.90. The predicted octanol–water partition coefficient (Wildman–Crippen LogP) is 1.89. The molecule has 2 fully saturated rings. The Morgan fingerprint density at radius 3 is 2.36 bits per heavy atom. The van der Waals surface area contributed by atoms with E-state index in [1.165, 1.54) is 12.1 Å². The van der Waals surface area contributed by atoms with Crippen molar-refractivity contribution in [1.82, 2.24) is 4.90 Å². The number of piperazine rings is 1. The zero-order chi connectivity index (χ0) is 18.2. The minimum atomic E-state index is -4.49. The van der Waals surface area contributed by atoms with E-state index in [-0.39, 0.29) is 28.8 Å². The second-order valence-electron chi connectivity index (χ2n) is 6.42. The Morgan fingerprint density at radius 1 is 1.16 bits per heavy atom. The van der Waals surface area contributed by atoms with Crippen LogP contribution in [0.2, 0.25) is 0 Å². The van der Waals surface area contributed by atoms with Crippen LogP contribution in [0, 0.1) is 11.3 Å². The van der Waals surface area contributed by atoms with E-state index in [0.717, 1.165) is 6.07 Å². The van der Waals surface area contributed by atoms with Gasteiger partial charge in [-0.05, 0) is 24.6 Å². The number of rotatable bonds is 2. The zero-order valence-corrected chi connectivity index (χ0v) is 14.3. The quantitative estimate of drug-likeness (QED) is 0.792. The molecule has 0 saturated carbocycles. The van der Waals surface area contributed by atoms with Crippen molar-refractivity contribution in [2.24, 2.45) is 0 Å². The van der Waals surface area contributed by atoms with Crippen LogP contribution in [0.5, 0.6) is 0 Å². The first-order valence-corrected chi connectivity index (χ1v) is 9.82. The molecule has 9 heteroatoms. The highest BCUT2D eigenvalue weighted by Gasteiger charge is 2.37. The van der Waals surface area contributed by atoms with Gasteiger partial charge in [0.2, 0.25) is 0 Å². The van der Waals surface area contributed by atoms with Crippen LogP contribution in [0.3, 0.4) is 0 Å². The molecule has 0 radical (unpaired) electrons. The van der Waals surface area contributed by atoms with Gasteiger partial charge in [-0.3, -0.25) is 4.90 Å². The van der Waals surface area contributed by atoms with Crippen LogP contribution in [-0.2, 0) is 16.0 Å². The van der Waals surface area contributed by atoms with Crippen LogP contribution in [0.25, 0.3) is 0 Å². The van der Waals surface area contributed by atoms with Gasteiger partial charge >= 0.3 is 6.18 Å². The maximum atomic E-state index is 13.3. The maximum Gasteiger partial charge on any atom is 0.418 e. The number of nitrogens with zero attached hydrogens (tertiary/aromatic N) is 3. The molecular formula is C16H18F3N3O2S. The van der Waals surface area contributed by atoms with E-state index in [2.05, 4.69) is 0 Å². The summed E-state index contributed by atoms with van der Waals surface area (Å²) in [4.78, 5) is 3.67. The highest BCUT2D eigenvalue weighted by molar-refractivity contribution is 7.91. The summed E-state index contributed by atoms with van der Waals surface area (Å²) >= 11 is 0. The highest BCUT2D eigenvalue weighted by atomic mass is 32.2. The first kappa shape index (κ1) is 18.0. The third-order valence-corrected chi connectivity index (χ3v) is 6.56. The van der Waals surface area contributed by atoms with Crippen LogP contribution in [-0.4, -0.2) is 57.0 Å². The van der Waals surface area contributed by atoms with Crippen molar-refractivity contribution in [3.63, 3.8) is 0 Å². The molecule has 0 spiro atoms. The normalized spacial score (nSPS) is 24.2. The van der Waals surface area contributed by atoms with E-state index in [9.17, 15) is 21.6 Å². The molecule has 0 amide bonds. The van der Waals surface area contributed by atoms with E-state index in [0.29, 0.717) is 32.6 Å². The minimum absolute atomic E-state index is 0.0187. The Kier molecular flexibility index (Phi) is 4.68. The summed E-state index contributed by atoms with van der Waals surface area (Å²) in [7, 11) is -2.99. The van der Waals surface area contributed by atoms with Crippen molar-refractivity contribution in [3.8, 4) is 6.07 Å². The number of halogens is 3. The molecule has 1 unspecified atom stereocenters. The standard InChI is InChI=1S/C16H18F3N3O2S/c17-16(18,19)14-2-1-12(10-20)9-15(14)22-6-4-21(5-7-22)13-3-8-25(23,24)11-13/h1-2,9,13H,3-8,11H2. The molecular weight excluding hydrogens is 355 g/mol. The molecule has 2 aliphatic rings. The van der Waals surface area contributed by atoms with Gasteiger partial charge in [-0.15, -0.1) is 0 Å². The number of sulfone groups is 1. The minimum Gasteiger partial charge on any atom is -0.368 e. The highest BCUT2D eigenvalue weighted by Crippen LogP contribution is 2.37. The van der Waals surface area contributed by atoms with Crippen LogP contribution < -0.4 is 4.90 Å². The Labute approximate surface area is 144 Å². The van der Waals surface area contributed by atoms with Gasteiger partial charge in [0.1, 0.15) is 0 Å². The summed E-state index contributed by atoms with van der Waals surface area (Å²) in [6.07, 6.45) is -3.90. The molecule has 0 N–H and O–H groups in total. The summed E-state index contributed by atoms with van der Waals surface area (Å²) < 4.78 is 63.0. The van der Waals surface area contributed by atoms with Gasteiger partial charge in [-0.1, -0.05) is 0 Å². The fourth-order valence-corrected chi connectivity index (χ4v) is 5.26. The van der Waals surface area contributed by atoms with Gasteiger partial charge < -0.3 is 4.90 Å². The van der Waals surface area contributed by atoms with Gasteiger partial charge in [0.05, 0.1) is 34.4 Å². The van der Waals surface area contributed by atoms with Crippen molar-refractivity contribution in [3.05, 3.63) is 29.3 Å². The van der Waals surface area contributed by atoms with Gasteiger partial charge in [0.25, 0.3) is 0 Å². The number of benzene rings is 1. The fourth-order valence-electron chi connectivity index (χ4n) is 3.49. The molecule has 0 aromatic heterocycles. The van der Waals surface area contributed by atoms with Crippen molar-refractivity contribution >= 4 is 15.5 Å². The number of nitriles is 1. The second-order valence-corrected chi connectivity index (χ2v) is 8.65. The van der Waals surface area contributed by atoms with Crippen molar-refractivity contribution in [1.29, 1.82) is 5.26 Å². The molecule has 5 nitrogen and oxygen atoms in total. The molecule has 2 aliphatic heterocycles. The summed E-state index contributed by atoms with van der Waals surface area (Å²) in [6, 6.07) is 5.23. The molecule has 136 valence electrons. The lowest BCUT2D eigenvalue weighted by atomic mass is 10.1. The van der Waals surface area contributed by atoms with E-state index in [4.69, 9.17) is 5.26 Å². The van der Waals surface area contributed by atoms with Crippen LogP contribution >= 0.6 is 0 Å². The van der Waals surface area contributed by atoms with E-state index in [1.54, 1.807) is 4.90 Å². The van der Waals surface area contributed by atoms with Crippen molar-refractivity contribution in [2.45, 2.75) is 18.6 Å². The summed E-state index contributed by atoms with van der Waals surface area (Å²) in [6.45, 7) is 1.76. The zero-order valence-electron chi connectivity index (χ0n) is 13.5. The number of anilines is 1. The number of hydrogen-bond acceptors (Lipinski definition) is 5. The van der Waals surface area contributed by atoms with Crippen molar-refractivity contribution < 1.29 is 21.6 Å². The van der Waals surface area contributed by atoms with E-state index >= 15 is 0 Å². The molecule has 3 rings (SSSR count). The SMILES string of the molecule is N#Cc1ccc(C(F)(F)F)c(N2CCN(C3CCS(=O)(=O)C3)CC2)c1. The monoisotopic (exact) mass is 373 g/mol. The van der Waals surface area contributed by atoms with Gasteiger partial charge in [-0.2, -0.15) is 18.4 Å². The molecule has 1 aromatic rings. The average Bonchev–Trinajstić information content (AvgIpc) is 2.93. The van der Waals surface area contributed by atoms with E-state index in [1.807, 2.05) is 11.0 Å². The molecule has 1 aromatic carbocycles. The first-order valence-electron chi connectivity index (χ1n) is 8.00. The first-order chi connectivity index (χ1) is 11.7. The molecule has 0 bridgehead atoms. The van der Waals surface area contributed by atoms with Crippen LogP contribution in [0.1, 0.15) is 17.5 Å². The van der Waals surface area contributed by atoms with Gasteiger partial charge in [0.15, 0.2) is 9.84 Å². The Morgan fingerprint density at radius 2 is 1.84 bits per heavy atom. The lowest BCUT2D eigenvalue weighted by Crippen LogP contribution is -2.51. The lowest BCUT2D eigenvalue weighted by molar-refractivity contribution is -0.137. The Bertz CT molecular complexity index is 794. The molecule has 1 atom stereocenters. The summed E-state index contributed by atoms with van der Waals surface area (Å²) in [5.41, 5.74) is -0.541. The van der Waals surface area contributed by atoms with Crippen LogP contribution in [0.15, 0.2) is 18.2 Å². The fraction of sp³-hybridized carbons (Fsp3) is 0.562. The lowest BCUT2D eigenvalue weighted by Gasteiger charge is -2.39. The van der Waals surface area contributed by atoms with Crippen molar-refractivity contribution in [2.75, 3.05) is 42.6 Å². The largest absolute Gasteiger partial charge is 0.418 e. The predicted molar refractivity (Wildman–Crippen MR) is 87.0 cm³/mol. The van der Waals surface area contributed by atoms with E-state index < -0.39 is 21.6 Å². The number of hydrogen-bond donors (Lipinski definition) is 0. The topological polar surface area (TPSA) is 64.4 Å². The molecule has 0 aliphatic carbocycles. The smallest absolute Gasteiger partial charge is 0.368 e. The van der Waals surface area contributed by atoms with Crippen LogP contribution in [0.4, 0.5) is 18.9 Å². The number of alkyl halides is 3. The molecule has 2 saturated heterocycles. The molecule has 2 heterocycles. The Hall–Kier alpha value is -1.79. The second kappa shape index (κ2) is 6.50. The molecule has 25 heavy (non-hydrogen) atoms. The third-order valence-electron chi connectivity index (χ3n) is 4.81. The summed E-state index contributed by atoms with van der Waals surface area (Å²) in [5.74, 6) is 0.311. The summed E-state index contributed by atoms with van der Waals surface area (Å²) in [5, 5.41) is 8.97.